The third-order valence-corrected chi connectivity index (χ3v) is 5.01. The molecule has 25 heavy (non-hydrogen) atoms. The van der Waals surface area contributed by atoms with Crippen LogP contribution in [-0.4, -0.2) is 31.5 Å². The molecule has 0 spiro atoms. The average molecular weight is 478 g/mol. The van der Waals surface area contributed by atoms with Crippen LogP contribution in [0.2, 0.25) is 0 Å². The Morgan fingerprint density at radius 3 is 2.64 bits per heavy atom. The maximum Gasteiger partial charge on any atom is 0.220 e. The van der Waals surface area contributed by atoms with E-state index >= 15 is 0 Å². The summed E-state index contributed by atoms with van der Waals surface area (Å²) in [6.45, 7) is 4.87. The molecule has 5 nitrogen and oxygen atoms in total. The van der Waals surface area contributed by atoms with E-state index < -0.39 is 0 Å². The molecule has 1 aromatic rings. The van der Waals surface area contributed by atoms with Crippen LogP contribution in [0.5, 0.6) is 0 Å². The quantitative estimate of drug-likeness (QED) is 0.232. The highest BCUT2D eigenvalue weighted by Crippen LogP contribution is 2.25. The second kappa shape index (κ2) is 13.4. The molecule has 1 aromatic heterocycles. The fourth-order valence-corrected chi connectivity index (χ4v) is 3.66. The standard InChI is InChI=1S/C18H30N4OS.HI/c1-2-19-18(22-13-16-8-11-24-14-16)21-10-9-20-17(23)12-15-6-4-3-5-7-15;/h8,11,14-15H,2-7,9-10,12-13H2,1H3,(H,20,23)(H2,19,21,22);1H. The molecule has 1 heterocycles. The Bertz CT molecular complexity index is 501. The molecular formula is C18H31IN4OS. The van der Waals surface area contributed by atoms with Gasteiger partial charge in [-0.15, -0.1) is 24.0 Å². The van der Waals surface area contributed by atoms with Crippen LogP contribution in [0.15, 0.2) is 21.8 Å². The van der Waals surface area contributed by atoms with Gasteiger partial charge in [0.2, 0.25) is 5.91 Å². The number of halogens is 1. The van der Waals surface area contributed by atoms with Crippen LogP contribution in [-0.2, 0) is 11.3 Å². The monoisotopic (exact) mass is 478 g/mol. The van der Waals surface area contributed by atoms with Crippen LogP contribution in [0.3, 0.4) is 0 Å². The van der Waals surface area contributed by atoms with Gasteiger partial charge in [-0.25, -0.2) is 4.99 Å². The van der Waals surface area contributed by atoms with E-state index in [9.17, 15) is 4.79 Å². The Labute approximate surface area is 172 Å². The van der Waals surface area contributed by atoms with Crippen molar-refractivity contribution in [3.05, 3.63) is 22.4 Å². The minimum atomic E-state index is 0. The van der Waals surface area contributed by atoms with Crippen molar-refractivity contribution in [1.82, 2.24) is 16.0 Å². The molecule has 0 aliphatic heterocycles. The molecular weight excluding hydrogens is 447 g/mol. The highest BCUT2D eigenvalue weighted by atomic mass is 127. The number of nitrogens with one attached hydrogen (secondary N) is 3. The van der Waals surface area contributed by atoms with Crippen LogP contribution in [0, 0.1) is 5.92 Å². The van der Waals surface area contributed by atoms with Crippen molar-refractivity contribution < 1.29 is 4.79 Å². The van der Waals surface area contributed by atoms with Gasteiger partial charge >= 0.3 is 0 Å². The van der Waals surface area contributed by atoms with E-state index in [1.54, 1.807) is 11.3 Å². The first-order valence-corrected chi connectivity index (χ1v) is 10.0. The van der Waals surface area contributed by atoms with E-state index in [1.165, 1.54) is 37.7 Å². The lowest BCUT2D eigenvalue weighted by atomic mass is 9.87. The number of carbonyl (C=O) groups is 1. The molecule has 1 amide bonds. The number of thiophene rings is 1. The molecule has 0 unspecified atom stereocenters. The zero-order valence-corrected chi connectivity index (χ0v) is 18.2. The van der Waals surface area contributed by atoms with Gasteiger partial charge in [0.1, 0.15) is 0 Å². The highest BCUT2D eigenvalue weighted by Gasteiger charge is 2.16. The van der Waals surface area contributed by atoms with Crippen molar-refractivity contribution in [3.8, 4) is 0 Å². The van der Waals surface area contributed by atoms with Crippen molar-refractivity contribution in [2.75, 3.05) is 19.6 Å². The van der Waals surface area contributed by atoms with E-state index in [2.05, 4.69) is 37.8 Å². The Kier molecular flexibility index (Phi) is 11.9. The molecule has 1 aliphatic rings. The van der Waals surface area contributed by atoms with Crippen molar-refractivity contribution in [3.63, 3.8) is 0 Å². The van der Waals surface area contributed by atoms with Gasteiger partial charge in [-0.3, -0.25) is 4.79 Å². The van der Waals surface area contributed by atoms with Gasteiger partial charge in [-0.05, 0) is 48.1 Å². The fourth-order valence-electron chi connectivity index (χ4n) is 3.00. The maximum atomic E-state index is 12.0. The summed E-state index contributed by atoms with van der Waals surface area (Å²) in [5, 5.41) is 13.7. The van der Waals surface area contributed by atoms with Crippen LogP contribution in [0.1, 0.15) is 51.0 Å². The molecule has 0 bridgehead atoms. The SMILES string of the molecule is CCNC(=NCc1ccsc1)NCCNC(=O)CC1CCCCC1.I. The van der Waals surface area contributed by atoms with Crippen molar-refractivity contribution in [2.24, 2.45) is 10.9 Å². The lowest BCUT2D eigenvalue weighted by Crippen LogP contribution is -2.41. The number of nitrogens with zero attached hydrogens (tertiary/aromatic N) is 1. The van der Waals surface area contributed by atoms with E-state index in [1.807, 2.05) is 6.92 Å². The Hall–Kier alpha value is -0.830. The molecule has 0 radical (unpaired) electrons. The Balaban J connectivity index is 0.00000312. The topological polar surface area (TPSA) is 65.5 Å². The number of amides is 1. The van der Waals surface area contributed by atoms with Gasteiger partial charge in [-0.1, -0.05) is 19.3 Å². The molecule has 7 heteroatoms. The summed E-state index contributed by atoms with van der Waals surface area (Å²) in [7, 11) is 0. The molecule has 142 valence electrons. The smallest absolute Gasteiger partial charge is 0.220 e. The number of hydrogen-bond acceptors (Lipinski definition) is 3. The van der Waals surface area contributed by atoms with Crippen LogP contribution >= 0.6 is 35.3 Å². The summed E-state index contributed by atoms with van der Waals surface area (Å²) >= 11 is 1.69. The minimum absolute atomic E-state index is 0. The largest absolute Gasteiger partial charge is 0.357 e. The third-order valence-electron chi connectivity index (χ3n) is 4.28. The van der Waals surface area contributed by atoms with Gasteiger partial charge in [0, 0.05) is 26.1 Å². The molecule has 0 aromatic carbocycles. The predicted molar refractivity (Wildman–Crippen MR) is 117 cm³/mol. The van der Waals surface area contributed by atoms with Gasteiger partial charge in [0.05, 0.1) is 6.54 Å². The molecule has 1 saturated carbocycles. The Morgan fingerprint density at radius 1 is 1.20 bits per heavy atom. The van der Waals surface area contributed by atoms with Crippen molar-refractivity contribution >= 4 is 47.2 Å². The normalized spacial score (nSPS) is 15.3. The summed E-state index contributed by atoms with van der Waals surface area (Å²) in [5.74, 6) is 1.57. The number of guanidine groups is 1. The van der Waals surface area contributed by atoms with Crippen LogP contribution in [0.4, 0.5) is 0 Å². The summed E-state index contributed by atoms with van der Waals surface area (Å²) in [4.78, 5) is 16.5. The first kappa shape index (κ1) is 22.2. The van der Waals surface area contributed by atoms with Gasteiger partial charge < -0.3 is 16.0 Å². The molecule has 0 saturated heterocycles. The van der Waals surface area contributed by atoms with Crippen molar-refractivity contribution in [1.29, 1.82) is 0 Å². The molecule has 0 atom stereocenters. The van der Waals surface area contributed by atoms with Crippen LogP contribution in [0.25, 0.3) is 0 Å². The van der Waals surface area contributed by atoms with Crippen molar-refractivity contribution in [2.45, 2.75) is 52.0 Å². The first-order valence-electron chi connectivity index (χ1n) is 9.08. The van der Waals surface area contributed by atoms with Gasteiger partial charge in [-0.2, -0.15) is 11.3 Å². The van der Waals surface area contributed by atoms with E-state index in [0.717, 1.165) is 12.5 Å². The highest BCUT2D eigenvalue weighted by molar-refractivity contribution is 14.0. The average Bonchev–Trinajstić information content (AvgIpc) is 3.11. The first-order chi connectivity index (χ1) is 11.8. The zero-order chi connectivity index (χ0) is 17.0. The molecule has 1 aliphatic carbocycles. The predicted octanol–water partition coefficient (Wildman–Crippen LogP) is 3.51. The van der Waals surface area contributed by atoms with E-state index in [4.69, 9.17) is 0 Å². The number of aliphatic imine (C=N–C) groups is 1. The van der Waals surface area contributed by atoms with Gasteiger partial charge in [0.25, 0.3) is 0 Å². The Morgan fingerprint density at radius 2 is 1.96 bits per heavy atom. The third kappa shape index (κ3) is 9.44. The second-order valence-electron chi connectivity index (χ2n) is 6.31. The van der Waals surface area contributed by atoms with E-state index in [-0.39, 0.29) is 29.9 Å². The molecule has 2 rings (SSSR count). The van der Waals surface area contributed by atoms with Gasteiger partial charge in [0.15, 0.2) is 5.96 Å². The number of carbonyl (C=O) groups excluding carboxylic acids is 1. The van der Waals surface area contributed by atoms with Crippen LogP contribution < -0.4 is 16.0 Å². The van der Waals surface area contributed by atoms with E-state index in [0.29, 0.717) is 32.0 Å². The molecule has 1 fully saturated rings. The second-order valence-corrected chi connectivity index (χ2v) is 7.09. The fraction of sp³-hybridized carbons (Fsp3) is 0.667. The molecule has 3 N–H and O–H groups in total. The maximum absolute atomic E-state index is 12.0. The number of hydrogen-bond donors (Lipinski definition) is 3. The summed E-state index contributed by atoms with van der Waals surface area (Å²) in [6.07, 6.45) is 7.02. The zero-order valence-electron chi connectivity index (χ0n) is 15.1. The number of rotatable bonds is 8. The summed E-state index contributed by atoms with van der Waals surface area (Å²) < 4.78 is 0. The lowest BCUT2D eigenvalue weighted by Gasteiger charge is -2.20. The summed E-state index contributed by atoms with van der Waals surface area (Å²) in [5.41, 5.74) is 1.22. The minimum Gasteiger partial charge on any atom is -0.357 e. The summed E-state index contributed by atoms with van der Waals surface area (Å²) in [6, 6.07) is 2.09. The lowest BCUT2D eigenvalue weighted by molar-refractivity contribution is -0.122.